The predicted octanol–water partition coefficient (Wildman–Crippen LogP) is 2.34. The van der Waals surface area contributed by atoms with E-state index in [1.54, 1.807) is 25.1 Å². The van der Waals surface area contributed by atoms with Gasteiger partial charge in [-0.1, -0.05) is 40.7 Å². The van der Waals surface area contributed by atoms with E-state index in [4.69, 9.17) is 22.0 Å². The predicted molar refractivity (Wildman–Crippen MR) is 91.2 cm³/mol. The van der Waals surface area contributed by atoms with E-state index >= 15 is 0 Å². The number of benzene rings is 1. The summed E-state index contributed by atoms with van der Waals surface area (Å²) in [5, 5.41) is 15.3. The maximum Gasteiger partial charge on any atom is 0.236 e. The van der Waals surface area contributed by atoms with E-state index in [1.165, 1.54) is 4.68 Å². The molecule has 24 heavy (non-hydrogen) atoms. The number of nitrogens with one attached hydrogen (secondary N) is 1. The Bertz CT molecular complexity index is 878. The first-order valence-electron chi connectivity index (χ1n) is 6.86. The number of rotatable bonds is 5. The molecule has 0 fully saturated rings. The Morgan fingerprint density at radius 3 is 2.92 bits per heavy atom. The Balaban J connectivity index is 1.66. The third-order valence-corrected chi connectivity index (χ3v) is 4.28. The number of amides is 1. The van der Waals surface area contributed by atoms with Gasteiger partial charge in [-0.15, -0.1) is 10.2 Å². The number of aromatic nitrogens is 4. The molecule has 10 heteroatoms. The molecule has 3 aromatic rings. The molecule has 3 N–H and O–H groups in total. The zero-order valence-corrected chi connectivity index (χ0v) is 14.1. The van der Waals surface area contributed by atoms with E-state index in [1.807, 2.05) is 12.1 Å². The van der Waals surface area contributed by atoms with Crippen LogP contribution in [0.15, 0.2) is 40.0 Å². The van der Waals surface area contributed by atoms with E-state index < -0.39 is 0 Å². The van der Waals surface area contributed by atoms with E-state index in [-0.39, 0.29) is 11.7 Å². The van der Waals surface area contributed by atoms with Crippen molar-refractivity contribution < 1.29 is 9.32 Å². The number of thioether (sulfide) groups is 1. The number of nitrogens with zero attached hydrogens (tertiary/aromatic N) is 4. The molecule has 1 amide bonds. The fraction of sp³-hybridized carbons (Fsp3) is 0.143. The van der Waals surface area contributed by atoms with Crippen molar-refractivity contribution >= 4 is 35.1 Å². The minimum Gasteiger partial charge on any atom is -0.360 e. The Hall–Kier alpha value is -2.52. The Morgan fingerprint density at radius 1 is 1.42 bits per heavy atom. The SMILES string of the molecule is Cc1cc(NC(=O)CSc2nnc(-c3ccccc3Cl)n2N)no1. The number of nitrogen functional groups attached to an aromatic ring is 1. The normalized spacial score (nSPS) is 10.8. The summed E-state index contributed by atoms with van der Waals surface area (Å²) in [6.07, 6.45) is 0. The molecule has 0 atom stereocenters. The van der Waals surface area contributed by atoms with Crippen molar-refractivity contribution in [1.82, 2.24) is 20.0 Å². The summed E-state index contributed by atoms with van der Waals surface area (Å²) in [6, 6.07) is 8.81. The van der Waals surface area contributed by atoms with Gasteiger partial charge in [-0.2, -0.15) is 0 Å². The van der Waals surface area contributed by atoms with Crippen LogP contribution >= 0.6 is 23.4 Å². The topological polar surface area (TPSA) is 112 Å². The lowest BCUT2D eigenvalue weighted by atomic mass is 10.2. The van der Waals surface area contributed by atoms with Crippen molar-refractivity contribution in [2.75, 3.05) is 16.9 Å². The van der Waals surface area contributed by atoms with Crippen LogP contribution in [0, 0.1) is 6.92 Å². The first kappa shape index (κ1) is 16.3. The lowest BCUT2D eigenvalue weighted by molar-refractivity contribution is -0.113. The standard InChI is InChI=1S/C14H13ClN6O2S/c1-8-6-11(20-23-8)17-12(22)7-24-14-19-18-13(21(14)16)9-4-2-3-5-10(9)15/h2-6H,7,16H2,1H3,(H,17,20,22). The molecule has 2 heterocycles. The smallest absolute Gasteiger partial charge is 0.236 e. The second-order valence-corrected chi connectivity index (χ2v) is 6.17. The molecule has 0 unspecified atom stereocenters. The van der Waals surface area contributed by atoms with Crippen LogP contribution in [0.25, 0.3) is 11.4 Å². The van der Waals surface area contributed by atoms with Gasteiger partial charge in [0.05, 0.1) is 10.8 Å². The Kier molecular flexibility index (Phi) is 4.72. The second-order valence-electron chi connectivity index (χ2n) is 4.82. The third kappa shape index (κ3) is 3.52. The molecular formula is C14H13ClN6O2S. The number of nitrogens with two attached hydrogens (primary N) is 1. The largest absolute Gasteiger partial charge is 0.360 e. The van der Waals surface area contributed by atoms with Crippen LogP contribution in [-0.2, 0) is 4.79 Å². The summed E-state index contributed by atoms with van der Waals surface area (Å²) in [4.78, 5) is 11.9. The number of carbonyl (C=O) groups is 1. The summed E-state index contributed by atoms with van der Waals surface area (Å²) in [7, 11) is 0. The van der Waals surface area contributed by atoms with Gasteiger partial charge < -0.3 is 15.7 Å². The first-order chi connectivity index (χ1) is 11.5. The Morgan fingerprint density at radius 2 is 2.21 bits per heavy atom. The van der Waals surface area contributed by atoms with Gasteiger partial charge in [0.25, 0.3) is 0 Å². The highest BCUT2D eigenvalue weighted by Crippen LogP contribution is 2.27. The summed E-state index contributed by atoms with van der Waals surface area (Å²) >= 11 is 7.29. The van der Waals surface area contributed by atoms with Crippen LogP contribution in [0.3, 0.4) is 0 Å². The van der Waals surface area contributed by atoms with Gasteiger partial charge in [0, 0.05) is 11.6 Å². The number of anilines is 1. The third-order valence-electron chi connectivity index (χ3n) is 3.01. The lowest BCUT2D eigenvalue weighted by Crippen LogP contribution is -2.16. The molecular weight excluding hydrogens is 352 g/mol. The number of hydrogen-bond donors (Lipinski definition) is 2. The number of aryl methyl sites for hydroxylation is 1. The summed E-state index contributed by atoms with van der Waals surface area (Å²) < 4.78 is 6.19. The minimum absolute atomic E-state index is 0.101. The number of halogens is 1. The van der Waals surface area contributed by atoms with Crippen molar-refractivity contribution in [2.45, 2.75) is 12.1 Å². The molecule has 0 saturated carbocycles. The quantitative estimate of drug-likeness (QED) is 0.527. The van der Waals surface area contributed by atoms with E-state index in [9.17, 15) is 4.79 Å². The molecule has 0 aliphatic heterocycles. The van der Waals surface area contributed by atoms with Gasteiger partial charge in [0.15, 0.2) is 11.6 Å². The van der Waals surface area contributed by atoms with Crippen LogP contribution in [0.4, 0.5) is 5.82 Å². The molecule has 124 valence electrons. The fourth-order valence-electron chi connectivity index (χ4n) is 1.94. The Labute approximate surface area is 146 Å². The van der Waals surface area contributed by atoms with E-state index in [0.717, 1.165) is 11.8 Å². The highest BCUT2D eigenvalue weighted by Gasteiger charge is 2.16. The molecule has 0 spiro atoms. The first-order valence-corrected chi connectivity index (χ1v) is 8.22. The zero-order chi connectivity index (χ0) is 17.1. The summed E-state index contributed by atoms with van der Waals surface area (Å²) in [5.74, 6) is 7.25. The van der Waals surface area contributed by atoms with Gasteiger partial charge in [0.1, 0.15) is 5.76 Å². The summed E-state index contributed by atoms with van der Waals surface area (Å²) in [6.45, 7) is 1.74. The van der Waals surface area contributed by atoms with Crippen molar-refractivity contribution in [2.24, 2.45) is 0 Å². The van der Waals surface area contributed by atoms with E-state index in [2.05, 4.69) is 20.7 Å². The van der Waals surface area contributed by atoms with Gasteiger partial charge in [0.2, 0.25) is 11.1 Å². The number of hydrogen-bond acceptors (Lipinski definition) is 7. The van der Waals surface area contributed by atoms with Crippen molar-refractivity contribution in [1.29, 1.82) is 0 Å². The van der Waals surface area contributed by atoms with Crippen LogP contribution in [0.2, 0.25) is 5.02 Å². The minimum atomic E-state index is -0.254. The van der Waals surface area contributed by atoms with Gasteiger partial charge in [-0.3, -0.25) is 4.79 Å². The molecule has 0 aliphatic rings. The van der Waals surface area contributed by atoms with Crippen molar-refractivity contribution in [3.05, 3.63) is 41.1 Å². The zero-order valence-electron chi connectivity index (χ0n) is 12.6. The molecule has 0 bridgehead atoms. The van der Waals surface area contributed by atoms with Crippen molar-refractivity contribution in [3.63, 3.8) is 0 Å². The monoisotopic (exact) mass is 364 g/mol. The van der Waals surface area contributed by atoms with Gasteiger partial charge in [-0.25, -0.2) is 4.68 Å². The van der Waals surface area contributed by atoms with Crippen LogP contribution < -0.4 is 11.2 Å². The molecule has 8 nitrogen and oxygen atoms in total. The van der Waals surface area contributed by atoms with Crippen molar-refractivity contribution in [3.8, 4) is 11.4 Å². The fourth-order valence-corrected chi connectivity index (χ4v) is 2.81. The van der Waals surface area contributed by atoms with Crippen LogP contribution in [-0.4, -0.2) is 31.7 Å². The highest BCUT2D eigenvalue weighted by atomic mass is 35.5. The average Bonchev–Trinajstić information content (AvgIpc) is 3.12. The molecule has 0 radical (unpaired) electrons. The highest BCUT2D eigenvalue weighted by molar-refractivity contribution is 7.99. The van der Waals surface area contributed by atoms with Crippen LogP contribution in [0.1, 0.15) is 5.76 Å². The molecule has 0 aliphatic carbocycles. The number of carbonyl (C=O) groups excluding carboxylic acids is 1. The maximum atomic E-state index is 11.9. The van der Waals surface area contributed by atoms with Gasteiger partial charge in [-0.05, 0) is 19.1 Å². The van der Waals surface area contributed by atoms with E-state index in [0.29, 0.717) is 33.1 Å². The maximum absolute atomic E-state index is 11.9. The average molecular weight is 365 g/mol. The molecule has 1 aromatic carbocycles. The van der Waals surface area contributed by atoms with Gasteiger partial charge >= 0.3 is 0 Å². The van der Waals surface area contributed by atoms with Crippen LogP contribution in [0.5, 0.6) is 0 Å². The summed E-state index contributed by atoms with van der Waals surface area (Å²) in [5.41, 5.74) is 0.670. The lowest BCUT2D eigenvalue weighted by Gasteiger charge is -2.05. The molecule has 2 aromatic heterocycles. The molecule has 0 saturated heterocycles. The molecule has 3 rings (SSSR count). The second kappa shape index (κ2) is 6.93.